The van der Waals surface area contributed by atoms with Gasteiger partial charge in [-0.3, -0.25) is 10.1 Å². The van der Waals surface area contributed by atoms with E-state index in [1.54, 1.807) is 6.07 Å². The molecule has 6 nitrogen and oxygen atoms in total. The van der Waals surface area contributed by atoms with Gasteiger partial charge < -0.3 is 10.1 Å². The van der Waals surface area contributed by atoms with Gasteiger partial charge in [0.25, 0.3) is 5.91 Å². The second-order valence-corrected chi connectivity index (χ2v) is 5.06. The van der Waals surface area contributed by atoms with Crippen LogP contribution in [0.15, 0.2) is 22.7 Å². The van der Waals surface area contributed by atoms with Crippen LogP contribution >= 0.6 is 27.5 Å². The number of urea groups is 1. The van der Waals surface area contributed by atoms with E-state index in [4.69, 9.17) is 16.3 Å². The predicted octanol–water partition coefficient (Wildman–Crippen LogP) is 2.10. The molecule has 1 aromatic rings. The lowest BCUT2D eigenvalue weighted by molar-refractivity contribution is -0.127. The second-order valence-electron chi connectivity index (χ2n) is 3.74. The van der Waals surface area contributed by atoms with Crippen molar-refractivity contribution in [3.05, 3.63) is 33.3 Å². The quantitative estimate of drug-likeness (QED) is 0.806. The van der Waals surface area contributed by atoms with Gasteiger partial charge in [0.1, 0.15) is 0 Å². The largest absolute Gasteiger partial charge is 0.449 e. The maximum absolute atomic E-state index is 11.9. The zero-order valence-corrected chi connectivity index (χ0v) is 13.0. The van der Waals surface area contributed by atoms with Crippen molar-refractivity contribution in [1.82, 2.24) is 10.6 Å². The number of imide groups is 1. The Kier molecular flexibility index (Phi) is 5.97. The molecule has 1 rings (SSSR count). The van der Waals surface area contributed by atoms with Crippen molar-refractivity contribution in [3.8, 4) is 0 Å². The molecule has 0 aliphatic rings. The molecule has 0 saturated heterocycles. The summed E-state index contributed by atoms with van der Waals surface area (Å²) in [6.07, 6.45) is -1.13. The van der Waals surface area contributed by atoms with Crippen LogP contribution in [0, 0.1) is 0 Å². The van der Waals surface area contributed by atoms with Gasteiger partial charge >= 0.3 is 12.0 Å². The molecule has 8 heteroatoms. The first kappa shape index (κ1) is 16.5. The molecule has 0 spiro atoms. The number of benzene rings is 1. The average Bonchev–Trinajstić information content (AvgIpc) is 2.40. The van der Waals surface area contributed by atoms with E-state index in [1.165, 1.54) is 26.1 Å². The lowest BCUT2D eigenvalue weighted by Gasteiger charge is -2.13. The van der Waals surface area contributed by atoms with Gasteiger partial charge in [0.2, 0.25) is 0 Å². The minimum Gasteiger partial charge on any atom is -0.449 e. The maximum Gasteiger partial charge on any atom is 0.340 e. The zero-order chi connectivity index (χ0) is 15.3. The number of amides is 3. The Morgan fingerprint density at radius 3 is 2.60 bits per heavy atom. The molecule has 2 N–H and O–H groups in total. The van der Waals surface area contributed by atoms with Gasteiger partial charge in [0.05, 0.1) is 10.6 Å². The summed E-state index contributed by atoms with van der Waals surface area (Å²) in [6.45, 7) is 1.35. The van der Waals surface area contributed by atoms with Crippen LogP contribution in [0.3, 0.4) is 0 Å². The molecule has 0 bridgehead atoms. The summed E-state index contributed by atoms with van der Waals surface area (Å²) in [5.74, 6) is -1.49. The highest BCUT2D eigenvalue weighted by atomic mass is 79.9. The van der Waals surface area contributed by atoms with Crippen molar-refractivity contribution in [2.45, 2.75) is 13.0 Å². The number of carbonyl (C=O) groups excluding carboxylic acids is 3. The van der Waals surface area contributed by atoms with Crippen molar-refractivity contribution in [3.63, 3.8) is 0 Å². The SMILES string of the molecule is CNC(=O)NC(=O)[C@@H](C)OC(=O)c1cc(Br)ccc1Cl. The third-order valence-electron chi connectivity index (χ3n) is 2.27. The lowest BCUT2D eigenvalue weighted by Crippen LogP contribution is -2.43. The summed E-state index contributed by atoms with van der Waals surface area (Å²) in [6, 6.07) is 3.99. The Hall–Kier alpha value is -1.60. The van der Waals surface area contributed by atoms with Crippen LogP contribution in [0.4, 0.5) is 4.79 Å². The molecule has 3 amide bonds. The molecule has 0 heterocycles. The summed E-state index contributed by atoms with van der Waals surface area (Å²) in [7, 11) is 1.36. The molecule has 20 heavy (non-hydrogen) atoms. The molecule has 0 aliphatic carbocycles. The van der Waals surface area contributed by atoms with Crippen molar-refractivity contribution in [2.75, 3.05) is 7.05 Å². The highest BCUT2D eigenvalue weighted by Crippen LogP contribution is 2.22. The third-order valence-corrected chi connectivity index (χ3v) is 3.09. The van der Waals surface area contributed by atoms with Gasteiger partial charge in [-0.2, -0.15) is 0 Å². The first-order valence-corrected chi connectivity index (χ1v) is 6.71. The van der Waals surface area contributed by atoms with Crippen LogP contribution in [0.25, 0.3) is 0 Å². The van der Waals surface area contributed by atoms with E-state index in [0.717, 1.165) is 0 Å². The fraction of sp³-hybridized carbons (Fsp3) is 0.250. The smallest absolute Gasteiger partial charge is 0.340 e. The number of nitrogens with one attached hydrogen (secondary N) is 2. The van der Waals surface area contributed by atoms with Crippen LogP contribution in [-0.4, -0.2) is 31.1 Å². The summed E-state index contributed by atoms with van der Waals surface area (Å²) in [4.78, 5) is 34.4. The highest BCUT2D eigenvalue weighted by molar-refractivity contribution is 9.10. The monoisotopic (exact) mass is 362 g/mol. The van der Waals surface area contributed by atoms with E-state index >= 15 is 0 Å². The summed E-state index contributed by atoms with van der Waals surface area (Å²) >= 11 is 9.08. The zero-order valence-electron chi connectivity index (χ0n) is 10.7. The molecule has 0 fully saturated rings. The molecular formula is C12H12BrClN2O4. The fourth-order valence-electron chi connectivity index (χ4n) is 1.21. The van der Waals surface area contributed by atoms with E-state index in [2.05, 4.69) is 21.2 Å². The van der Waals surface area contributed by atoms with Gasteiger partial charge in [0, 0.05) is 11.5 Å². The number of halogens is 2. The van der Waals surface area contributed by atoms with Crippen molar-refractivity contribution in [2.24, 2.45) is 0 Å². The minimum atomic E-state index is -1.13. The molecule has 0 unspecified atom stereocenters. The number of rotatable bonds is 3. The number of hydrogen-bond donors (Lipinski definition) is 2. The van der Waals surface area contributed by atoms with Crippen LogP contribution in [0.2, 0.25) is 5.02 Å². The number of ether oxygens (including phenoxy) is 1. The minimum absolute atomic E-state index is 0.126. The molecule has 108 valence electrons. The molecule has 1 aromatic carbocycles. The number of esters is 1. The lowest BCUT2D eigenvalue weighted by atomic mass is 10.2. The van der Waals surface area contributed by atoms with E-state index in [-0.39, 0.29) is 10.6 Å². The first-order valence-electron chi connectivity index (χ1n) is 5.53. The Labute approximate surface area is 128 Å². The van der Waals surface area contributed by atoms with E-state index < -0.39 is 24.0 Å². The van der Waals surface area contributed by atoms with Crippen LogP contribution in [-0.2, 0) is 9.53 Å². The molecule has 0 aliphatic heterocycles. The highest BCUT2D eigenvalue weighted by Gasteiger charge is 2.21. The predicted molar refractivity (Wildman–Crippen MR) is 76.6 cm³/mol. The van der Waals surface area contributed by atoms with E-state index in [0.29, 0.717) is 4.47 Å². The molecule has 0 saturated carbocycles. The first-order chi connectivity index (χ1) is 9.35. The van der Waals surface area contributed by atoms with Crippen LogP contribution in [0.1, 0.15) is 17.3 Å². The van der Waals surface area contributed by atoms with Crippen LogP contribution in [0.5, 0.6) is 0 Å². The van der Waals surface area contributed by atoms with Crippen molar-refractivity contribution >= 4 is 45.4 Å². The van der Waals surface area contributed by atoms with E-state index in [9.17, 15) is 14.4 Å². The average molecular weight is 364 g/mol. The maximum atomic E-state index is 11.9. The Balaban J connectivity index is 2.72. The van der Waals surface area contributed by atoms with Crippen LogP contribution < -0.4 is 10.6 Å². The third kappa shape index (κ3) is 4.50. The van der Waals surface area contributed by atoms with Gasteiger partial charge in [-0.05, 0) is 25.1 Å². The van der Waals surface area contributed by atoms with Gasteiger partial charge in [-0.15, -0.1) is 0 Å². The molecule has 0 radical (unpaired) electrons. The summed E-state index contributed by atoms with van der Waals surface area (Å²) in [5, 5.41) is 4.42. The normalized spacial score (nSPS) is 11.4. The summed E-state index contributed by atoms with van der Waals surface area (Å²) < 4.78 is 5.59. The Morgan fingerprint density at radius 2 is 2.00 bits per heavy atom. The van der Waals surface area contributed by atoms with Crippen molar-refractivity contribution in [1.29, 1.82) is 0 Å². The number of hydrogen-bond acceptors (Lipinski definition) is 4. The molecular weight excluding hydrogens is 351 g/mol. The standard InChI is InChI=1S/C12H12BrClN2O4/c1-6(10(17)16-12(19)15-2)20-11(18)8-5-7(13)3-4-9(8)14/h3-6H,1-2H3,(H2,15,16,17,19)/t6-/m1/s1. The molecule has 0 aromatic heterocycles. The van der Waals surface area contributed by atoms with E-state index in [1.807, 2.05) is 5.32 Å². The van der Waals surface area contributed by atoms with Gasteiger partial charge in [-0.25, -0.2) is 9.59 Å². The van der Waals surface area contributed by atoms with Crippen molar-refractivity contribution < 1.29 is 19.1 Å². The number of carbonyl (C=O) groups is 3. The summed E-state index contributed by atoms with van der Waals surface area (Å²) in [5.41, 5.74) is 0.126. The topological polar surface area (TPSA) is 84.5 Å². The Morgan fingerprint density at radius 1 is 1.35 bits per heavy atom. The van der Waals surface area contributed by atoms with Gasteiger partial charge in [-0.1, -0.05) is 27.5 Å². The van der Waals surface area contributed by atoms with Gasteiger partial charge in [0.15, 0.2) is 6.10 Å². The molecule has 1 atom stereocenters. The second kappa shape index (κ2) is 7.25. The Bertz CT molecular complexity index is 550. The fourth-order valence-corrected chi connectivity index (χ4v) is 1.76.